The summed E-state index contributed by atoms with van der Waals surface area (Å²) in [4.78, 5) is 20.5. The van der Waals surface area contributed by atoms with E-state index in [4.69, 9.17) is 14.9 Å². The molecule has 0 radical (unpaired) electrons. The predicted octanol–water partition coefficient (Wildman–Crippen LogP) is 2.66. The standard InChI is InChI=1S/C24H30FN5O5S/c1-23(14-36(32,33)24(2,22(26)30-23)11-15-6-8-35-9-7-15)17-10-16(4-5-18(17)25)29-21(31)19-12-28-20(34-3)13-27-19/h4-5,10,12-13,15H,6-9,11,14H2,1-3H3,(H2,26,30)(H,29,31)/t23-,24?/m0/s1. The molecule has 10 nitrogen and oxygen atoms in total. The Hall–Kier alpha value is -3.12. The first-order chi connectivity index (χ1) is 17.0. The summed E-state index contributed by atoms with van der Waals surface area (Å²) in [5.74, 6) is -1.41. The summed E-state index contributed by atoms with van der Waals surface area (Å²) in [7, 11) is -2.41. The molecule has 36 heavy (non-hydrogen) atoms. The van der Waals surface area contributed by atoms with Gasteiger partial charge in [0.25, 0.3) is 5.91 Å². The molecule has 1 aromatic heterocycles. The molecular weight excluding hydrogens is 489 g/mol. The van der Waals surface area contributed by atoms with Crippen LogP contribution in [0.1, 0.15) is 49.2 Å². The minimum absolute atomic E-state index is 0.0249. The van der Waals surface area contributed by atoms with Gasteiger partial charge in [-0.1, -0.05) is 0 Å². The normalized spacial score (nSPS) is 26.2. The molecule has 3 heterocycles. The molecule has 2 aromatic rings. The van der Waals surface area contributed by atoms with Crippen LogP contribution in [0.2, 0.25) is 0 Å². The molecule has 1 amide bonds. The fourth-order valence-electron chi connectivity index (χ4n) is 4.77. The van der Waals surface area contributed by atoms with Crippen LogP contribution in [0.15, 0.2) is 30.6 Å². The van der Waals surface area contributed by atoms with Crippen molar-refractivity contribution in [2.75, 3.05) is 31.4 Å². The van der Waals surface area contributed by atoms with Crippen LogP contribution < -0.4 is 15.4 Å². The summed E-state index contributed by atoms with van der Waals surface area (Å²) >= 11 is 0. The molecule has 12 heteroatoms. The van der Waals surface area contributed by atoms with Crippen molar-refractivity contribution in [3.63, 3.8) is 0 Å². The number of hydrogen-bond acceptors (Lipinski definition) is 8. The number of aromatic nitrogens is 2. The lowest BCUT2D eigenvalue weighted by Gasteiger charge is -2.46. The monoisotopic (exact) mass is 519 g/mol. The molecule has 4 rings (SSSR count). The number of amides is 1. The van der Waals surface area contributed by atoms with E-state index in [1.165, 1.54) is 31.6 Å². The highest BCUT2D eigenvalue weighted by molar-refractivity contribution is 7.93. The van der Waals surface area contributed by atoms with Gasteiger partial charge < -0.3 is 20.1 Å². The third kappa shape index (κ3) is 4.92. The van der Waals surface area contributed by atoms with E-state index in [-0.39, 0.29) is 34.6 Å². The second-order valence-corrected chi connectivity index (χ2v) is 12.1. The van der Waals surface area contributed by atoms with E-state index in [1.807, 2.05) is 0 Å². The molecule has 2 atom stereocenters. The molecule has 0 aliphatic carbocycles. The molecule has 2 aliphatic heterocycles. The van der Waals surface area contributed by atoms with Crippen LogP contribution in [0.5, 0.6) is 5.88 Å². The topological polar surface area (TPSA) is 143 Å². The van der Waals surface area contributed by atoms with Gasteiger partial charge in [-0.25, -0.2) is 22.8 Å². The predicted molar refractivity (Wildman–Crippen MR) is 132 cm³/mol. The Balaban J connectivity index is 1.58. The molecule has 2 aliphatic rings. The average Bonchev–Trinajstić information content (AvgIpc) is 2.84. The van der Waals surface area contributed by atoms with E-state index < -0.39 is 37.6 Å². The fourth-order valence-corrected chi connectivity index (χ4v) is 6.93. The van der Waals surface area contributed by atoms with E-state index in [0.29, 0.717) is 19.6 Å². The summed E-state index contributed by atoms with van der Waals surface area (Å²) in [5, 5.41) is 14.3. The molecule has 1 aromatic carbocycles. The number of benzene rings is 1. The van der Waals surface area contributed by atoms with Gasteiger partial charge in [0.05, 0.1) is 30.8 Å². The second-order valence-electron chi connectivity index (χ2n) is 9.67. The van der Waals surface area contributed by atoms with Crippen LogP contribution in [0.25, 0.3) is 0 Å². The van der Waals surface area contributed by atoms with Crippen molar-refractivity contribution >= 4 is 27.3 Å². The zero-order valence-electron chi connectivity index (χ0n) is 20.4. The third-order valence-electron chi connectivity index (χ3n) is 7.00. The number of carbonyl (C=O) groups is 1. The lowest BCUT2D eigenvalue weighted by molar-refractivity contribution is 0.0623. The second kappa shape index (κ2) is 9.74. The van der Waals surface area contributed by atoms with Gasteiger partial charge in [0.15, 0.2) is 9.84 Å². The van der Waals surface area contributed by atoms with Crippen LogP contribution >= 0.6 is 0 Å². The Bertz CT molecular complexity index is 1270. The number of carbonyl (C=O) groups excluding carboxylic acids is 1. The Kier molecular flexibility index (Phi) is 7.02. The summed E-state index contributed by atoms with van der Waals surface area (Å²) in [6.07, 6.45) is 4.33. The molecule has 0 spiro atoms. The van der Waals surface area contributed by atoms with E-state index >= 15 is 4.39 Å². The van der Waals surface area contributed by atoms with Crippen molar-refractivity contribution in [3.8, 4) is 5.88 Å². The Morgan fingerprint density at radius 3 is 2.61 bits per heavy atom. The summed E-state index contributed by atoms with van der Waals surface area (Å²) < 4.78 is 51.0. The number of methoxy groups -OCH3 is 1. The van der Waals surface area contributed by atoms with Gasteiger partial charge in [0.2, 0.25) is 5.88 Å². The largest absolute Gasteiger partial charge is 0.480 e. The average molecular weight is 520 g/mol. The number of amidine groups is 1. The van der Waals surface area contributed by atoms with Crippen molar-refractivity contribution in [2.45, 2.75) is 43.4 Å². The first-order valence-corrected chi connectivity index (χ1v) is 13.3. The van der Waals surface area contributed by atoms with Gasteiger partial charge in [0.1, 0.15) is 22.1 Å². The Labute approximate surface area is 209 Å². The SMILES string of the molecule is COc1cnc(C(=O)Nc2ccc(F)c([C@]3(C)CS(=O)(=O)C(C)(CC4CCOCC4)C(=N)N3)c2)cn1. The van der Waals surface area contributed by atoms with E-state index in [1.54, 1.807) is 13.8 Å². The van der Waals surface area contributed by atoms with E-state index in [2.05, 4.69) is 20.6 Å². The van der Waals surface area contributed by atoms with Crippen LogP contribution in [-0.2, 0) is 20.1 Å². The fraction of sp³-hybridized carbons (Fsp3) is 0.500. The minimum atomic E-state index is -3.84. The van der Waals surface area contributed by atoms with E-state index in [0.717, 1.165) is 18.9 Å². The van der Waals surface area contributed by atoms with Gasteiger partial charge in [-0.2, -0.15) is 0 Å². The van der Waals surface area contributed by atoms with Gasteiger partial charge in [-0.15, -0.1) is 0 Å². The first kappa shape index (κ1) is 26.0. The van der Waals surface area contributed by atoms with Crippen molar-refractivity contribution in [1.29, 1.82) is 5.41 Å². The Morgan fingerprint density at radius 1 is 1.28 bits per heavy atom. The summed E-state index contributed by atoms with van der Waals surface area (Å²) in [6.45, 7) is 4.26. The van der Waals surface area contributed by atoms with E-state index in [9.17, 15) is 13.2 Å². The molecule has 2 fully saturated rings. The quantitative estimate of drug-likeness (QED) is 0.529. The van der Waals surface area contributed by atoms with Crippen molar-refractivity contribution < 1.29 is 27.1 Å². The highest BCUT2D eigenvalue weighted by Gasteiger charge is 2.54. The maximum absolute atomic E-state index is 15.0. The molecule has 0 bridgehead atoms. The maximum atomic E-state index is 15.0. The number of anilines is 1. The number of rotatable bonds is 6. The lowest BCUT2D eigenvalue weighted by Crippen LogP contribution is -2.65. The number of nitrogens with one attached hydrogen (secondary N) is 3. The van der Waals surface area contributed by atoms with Crippen LogP contribution in [0.3, 0.4) is 0 Å². The number of sulfone groups is 1. The number of halogens is 1. The third-order valence-corrected chi connectivity index (χ3v) is 9.70. The zero-order valence-corrected chi connectivity index (χ0v) is 21.2. The highest BCUT2D eigenvalue weighted by atomic mass is 32.2. The van der Waals surface area contributed by atoms with Crippen LogP contribution in [0.4, 0.5) is 10.1 Å². The molecule has 194 valence electrons. The van der Waals surface area contributed by atoms with Crippen molar-refractivity contribution in [1.82, 2.24) is 15.3 Å². The number of ether oxygens (including phenoxy) is 2. The minimum Gasteiger partial charge on any atom is -0.480 e. The molecule has 0 saturated carbocycles. The molecule has 3 N–H and O–H groups in total. The first-order valence-electron chi connectivity index (χ1n) is 11.6. The summed E-state index contributed by atoms with van der Waals surface area (Å²) in [6, 6.07) is 3.90. The summed E-state index contributed by atoms with van der Waals surface area (Å²) in [5.41, 5.74) is -1.11. The number of hydrogen-bond donors (Lipinski definition) is 3. The maximum Gasteiger partial charge on any atom is 0.275 e. The molecular formula is C24H30FN5O5S. The van der Waals surface area contributed by atoms with Crippen LogP contribution in [0, 0.1) is 17.1 Å². The van der Waals surface area contributed by atoms with Gasteiger partial charge >= 0.3 is 0 Å². The van der Waals surface area contributed by atoms with Crippen molar-refractivity contribution in [3.05, 3.63) is 47.7 Å². The van der Waals surface area contributed by atoms with Gasteiger partial charge in [0, 0.05) is 24.5 Å². The highest BCUT2D eigenvalue weighted by Crippen LogP contribution is 2.40. The smallest absolute Gasteiger partial charge is 0.275 e. The number of nitrogens with zero attached hydrogens (tertiary/aromatic N) is 2. The molecule has 1 unspecified atom stereocenters. The van der Waals surface area contributed by atoms with Crippen molar-refractivity contribution in [2.24, 2.45) is 5.92 Å². The van der Waals surface area contributed by atoms with Gasteiger partial charge in [-0.3, -0.25) is 10.2 Å². The zero-order chi connectivity index (χ0) is 26.1. The molecule has 2 saturated heterocycles. The van der Waals surface area contributed by atoms with Gasteiger partial charge in [-0.05, 0) is 57.2 Å². The van der Waals surface area contributed by atoms with Crippen LogP contribution in [-0.4, -0.2) is 61.0 Å². The lowest BCUT2D eigenvalue weighted by atomic mass is 9.86. The Morgan fingerprint density at radius 2 is 2.00 bits per heavy atom.